The fourth-order valence-electron chi connectivity index (χ4n) is 3.79. The van der Waals surface area contributed by atoms with Gasteiger partial charge in [-0.1, -0.05) is 18.2 Å². The summed E-state index contributed by atoms with van der Waals surface area (Å²) >= 11 is 0. The van der Waals surface area contributed by atoms with Crippen molar-refractivity contribution in [2.75, 3.05) is 19.6 Å². The lowest BCUT2D eigenvalue weighted by molar-refractivity contribution is 0.0726. The zero-order chi connectivity index (χ0) is 20.9. The van der Waals surface area contributed by atoms with E-state index in [4.69, 9.17) is 5.26 Å². The number of nitriles is 1. The minimum Gasteiger partial charge on any atom is -0.351 e. The van der Waals surface area contributed by atoms with Crippen LogP contribution in [-0.2, 0) is 0 Å². The van der Waals surface area contributed by atoms with Gasteiger partial charge in [0, 0.05) is 30.8 Å². The highest BCUT2D eigenvalue weighted by Gasteiger charge is 2.22. The fraction of sp³-hybridized carbons (Fsp3) is 0.304. The summed E-state index contributed by atoms with van der Waals surface area (Å²) in [5, 5.41) is 15.8. The van der Waals surface area contributed by atoms with Crippen molar-refractivity contribution in [1.82, 2.24) is 19.8 Å². The highest BCUT2D eigenvalue weighted by Crippen LogP contribution is 2.24. The Kier molecular flexibility index (Phi) is 5.75. The Morgan fingerprint density at radius 1 is 1.07 bits per heavy atom. The standard InChI is InChI=1S/C23H23N5O2/c24-12-5-13-25-22(29)18-10-8-17(9-11-18)20-6-4-7-21-19(16-26-28(20)21)23(30)27-14-2-1-3-15-27/h4,6-11,16H,1-3,5,13-15H2,(H,25,29). The van der Waals surface area contributed by atoms with Gasteiger partial charge in [0.2, 0.25) is 0 Å². The molecule has 7 heteroatoms. The molecule has 3 heterocycles. The largest absolute Gasteiger partial charge is 0.351 e. The van der Waals surface area contributed by atoms with E-state index in [1.54, 1.807) is 22.8 Å². The van der Waals surface area contributed by atoms with E-state index in [1.165, 1.54) is 6.42 Å². The van der Waals surface area contributed by atoms with Crippen LogP contribution in [0, 0.1) is 11.3 Å². The second-order valence-electron chi connectivity index (χ2n) is 7.36. The first-order valence-corrected chi connectivity index (χ1v) is 10.2. The molecule has 1 aromatic carbocycles. The van der Waals surface area contributed by atoms with Crippen LogP contribution >= 0.6 is 0 Å². The summed E-state index contributed by atoms with van der Waals surface area (Å²) in [4.78, 5) is 27.0. The second-order valence-corrected chi connectivity index (χ2v) is 7.36. The average molecular weight is 401 g/mol. The van der Waals surface area contributed by atoms with Gasteiger partial charge in [-0.25, -0.2) is 4.52 Å². The lowest BCUT2D eigenvalue weighted by Crippen LogP contribution is -2.35. The van der Waals surface area contributed by atoms with E-state index < -0.39 is 0 Å². The lowest BCUT2D eigenvalue weighted by Gasteiger charge is -2.26. The third-order valence-electron chi connectivity index (χ3n) is 5.38. The molecule has 0 bridgehead atoms. The number of carbonyl (C=O) groups excluding carboxylic acids is 2. The third-order valence-corrected chi connectivity index (χ3v) is 5.38. The first kappa shape index (κ1) is 19.6. The summed E-state index contributed by atoms with van der Waals surface area (Å²) in [7, 11) is 0. The van der Waals surface area contributed by atoms with E-state index in [-0.39, 0.29) is 18.2 Å². The second kappa shape index (κ2) is 8.78. The van der Waals surface area contributed by atoms with Gasteiger partial charge in [-0.15, -0.1) is 0 Å². The van der Waals surface area contributed by atoms with Gasteiger partial charge in [-0.05, 0) is 43.5 Å². The topological polar surface area (TPSA) is 90.5 Å². The molecule has 1 N–H and O–H groups in total. The summed E-state index contributed by atoms with van der Waals surface area (Å²) in [6.07, 6.45) is 5.20. The maximum Gasteiger partial charge on any atom is 0.257 e. The number of aromatic nitrogens is 2. The highest BCUT2D eigenvalue weighted by atomic mass is 16.2. The molecule has 0 atom stereocenters. The number of piperidine rings is 1. The number of rotatable bonds is 5. The summed E-state index contributed by atoms with van der Waals surface area (Å²) in [6.45, 7) is 1.93. The molecule has 2 amide bonds. The molecule has 152 valence electrons. The van der Waals surface area contributed by atoms with Crippen molar-refractivity contribution in [3.63, 3.8) is 0 Å². The van der Waals surface area contributed by atoms with Gasteiger partial charge in [0.25, 0.3) is 11.8 Å². The zero-order valence-electron chi connectivity index (χ0n) is 16.7. The van der Waals surface area contributed by atoms with Crippen molar-refractivity contribution in [3.05, 3.63) is 59.8 Å². The van der Waals surface area contributed by atoms with E-state index >= 15 is 0 Å². The van der Waals surface area contributed by atoms with E-state index in [2.05, 4.69) is 10.4 Å². The van der Waals surface area contributed by atoms with Crippen LogP contribution < -0.4 is 5.32 Å². The molecule has 7 nitrogen and oxygen atoms in total. The SMILES string of the molecule is N#CCCNC(=O)c1ccc(-c2cccc3c(C(=O)N4CCCCC4)cnn23)cc1. The van der Waals surface area contributed by atoms with Crippen molar-refractivity contribution in [2.45, 2.75) is 25.7 Å². The minimum atomic E-state index is -0.205. The van der Waals surface area contributed by atoms with E-state index in [0.717, 1.165) is 42.7 Å². The fourth-order valence-corrected chi connectivity index (χ4v) is 3.79. The van der Waals surface area contributed by atoms with Gasteiger partial charge in [-0.2, -0.15) is 10.4 Å². The molecule has 0 aliphatic carbocycles. The smallest absolute Gasteiger partial charge is 0.257 e. The van der Waals surface area contributed by atoms with Crippen LogP contribution in [-0.4, -0.2) is 46.0 Å². The molecule has 1 aliphatic rings. The monoisotopic (exact) mass is 401 g/mol. The molecule has 0 unspecified atom stereocenters. The van der Waals surface area contributed by atoms with Crippen LogP contribution in [0.15, 0.2) is 48.7 Å². The Balaban J connectivity index is 1.59. The number of likely N-dealkylation sites (tertiary alicyclic amines) is 1. The Bertz CT molecular complexity index is 1100. The summed E-state index contributed by atoms with van der Waals surface area (Å²) in [5.74, 6) is -0.172. The maximum atomic E-state index is 13.0. The number of hydrogen-bond donors (Lipinski definition) is 1. The van der Waals surface area contributed by atoms with E-state index in [9.17, 15) is 9.59 Å². The molecule has 4 rings (SSSR count). The normalized spacial score (nSPS) is 13.8. The van der Waals surface area contributed by atoms with Gasteiger partial charge in [0.05, 0.1) is 35.5 Å². The van der Waals surface area contributed by atoms with Crippen molar-refractivity contribution >= 4 is 17.3 Å². The number of nitrogens with zero attached hydrogens (tertiary/aromatic N) is 4. The van der Waals surface area contributed by atoms with Crippen molar-refractivity contribution < 1.29 is 9.59 Å². The molecule has 1 saturated heterocycles. The van der Waals surface area contributed by atoms with E-state index in [0.29, 0.717) is 17.7 Å². The van der Waals surface area contributed by atoms with Gasteiger partial charge >= 0.3 is 0 Å². The molecule has 0 radical (unpaired) electrons. The summed E-state index contributed by atoms with van der Waals surface area (Å²) in [5.41, 5.74) is 3.68. The first-order chi connectivity index (χ1) is 14.7. The number of nitrogens with one attached hydrogen (secondary N) is 1. The molecular formula is C23H23N5O2. The van der Waals surface area contributed by atoms with Gasteiger partial charge in [-0.3, -0.25) is 9.59 Å². The lowest BCUT2D eigenvalue weighted by atomic mass is 10.1. The van der Waals surface area contributed by atoms with Crippen molar-refractivity contribution in [1.29, 1.82) is 5.26 Å². The molecule has 0 spiro atoms. The molecular weight excluding hydrogens is 378 g/mol. The third kappa shape index (κ3) is 3.90. The molecule has 2 aromatic heterocycles. The predicted molar refractivity (Wildman–Crippen MR) is 113 cm³/mol. The van der Waals surface area contributed by atoms with Gasteiger partial charge < -0.3 is 10.2 Å². The van der Waals surface area contributed by atoms with Crippen LogP contribution in [0.25, 0.3) is 16.8 Å². The van der Waals surface area contributed by atoms with Crippen LogP contribution in [0.2, 0.25) is 0 Å². The average Bonchev–Trinajstić information content (AvgIpc) is 3.23. The van der Waals surface area contributed by atoms with Crippen LogP contribution in [0.1, 0.15) is 46.4 Å². The quantitative estimate of drug-likeness (QED) is 0.665. The number of pyridine rings is 1. The molecule has 1 aliphatic heterocycles. The molecule has 30 heavy (non-hydrogen) atoms. The number of hydrogen-bond acceptors (Lipinski definition) is 4. The number of amides is 2. The Morgan fingerprint density at radius 2 is 1.83 bits per heavy atom. The van der Waals surface area contributed by atoms with Crippen LogP contribution in [0.4, 0.5) is 0 Å². The van der Waals surface area contributed by atoms with Gasteiger partial charge in [0.15, 0.2) is 0 Å². The van der Waals surface area contributed by atoms with Crippen molar-refractivity contribution in [2.24, 2.45) is 0 Å². The number of benzene rings is 1. The van der Waals surface area contributed by atoms with E-state index in [1.807, 2.05) is 41.3 Å². The molecule has 3 aromatic rings. The van der Waals surface area contributed by atoms with Crippen LogP contribution in [0.3, 0.4) is 0 Å². The number of fused-ring (bicyclic) bond motifs is 1. The van der Waals surface area contributed by atoms with Crippen molar-refractivity contribution in [3.8, 4) is 17.3 Å². The Labute approximate surface area is 174 Å². The Morgan fingerprint density at radius 3 is 2.57 bits per heavy atom. The van der Waals surface area contributed by atoms with Crippen LogP contribution in [0.5, 0.6) is 0 Å². The molecule has 1 fully saturated rings. The highest BCUT2D eigenvalue weighted by molar-refractivity contribution is 6.01. The van der Waals surface area contributed by atoms with Gasteiger partial charge in [0.1, 0.15) is 0 Å². The number of carbonyl (C=O) groups is 2. The Hall–Kier alpha value is -3.66. The summed E-state index contributed by atoms with van der Waals surface area (Å²) in [6, 6.07) is 15.0. The first-order valence-electron chi connectivity index (χ1n) is 10.2. The predicted octanol–water partition coefficient (Wildman–Crippen LogP) is 3.27. The zero-order valence-corrected chi connectivity index (χ0v) is 16.7. The summed E-state index contributed by atoms with van der Waals surface area (Å²) < 4.78 is 1.78. The minimum absolute atomic E-state index is 0.0336. The maximum absolute atomic E-state index is 13.0. The molecule has 0 saturated carbocycles.